The van der Waals surface area contributed by atoms with Crippen molar-refractivity contribution in [1.29, 1.82) is 0 Å². The van der Waals surface area contributed by atoms with Crippen molar-refractivity contribution < 1.29 is 4.79 Å². The highest BCUT2D eigenvalue weighted by atomic mass is 16.2. The standard InChI is InChI=1S/C13H17N5O3/c1-7(11(19)15-8-4-5-8)18-6-14-10-9(18)12(20)17(3)13(21)16(10)2/h6-8H,4-5H2,1-3H3,(H,15,19). The van der Waals surface area contributed by atoms with E-state index in [1.807, 2.05) is 0 Å². The lowest BCUT2D eigenvalue weighted by Gasteiger charge is -2.14. The first-order valence-corrected chi connectivity index (χ1v) is 6.84. The molecule has 0 aliphatic heterocycles. The highest BCUT2D eigenvalue weighted by molar-refractivity contribution is 5.83. The number of nitrogens with zero attached hydrogens (tertiary/aromatic N) is 4. The number of amides is 1. The molecule has 1 fully saturated rings. The lowest BCUT2D eigenvalue weighted by Crippen LogP contribution is -2.39. The number of nitrogens with one attached hydrogen (secondary N) is 1. The van der Waals surface area contributed by atoms with Gasteiger partial charge < -0.3 is 9.88 Å². The molecule has 3 rings (SSSR count). The smallest absolute Gasteiger partial charge is 0.332 e. The van der Waals surface area contributed by atoms with E-state index in [0.29, 0.717) is 0 Å². The summed E-state index contributed by atoms with van der Waals surface area (Å²) in [5.41, 5.74) is -0.336. The number of imidazole rings is 1. The molecule has 0 saturated heterocycles. The van der Waals surface area contributed by atoms with Gasteiger partial charge in [-0.1, -0.05) is 0 Å². The van der Waals surface area contributed by atoms with Gasteiger partial charge in [-0.15, -0.1) is 0 Å². The van der Waals surface area contributed by atoms with Crippen molar-refractivity contribution in [3.05, 3.63) is 27.2 Å². The Kier molecular flexibility index (Phi) is 2.96. The van der Waals surface area contributed by atoms with Gasteiger partial charge >= 0.3 is 5.69 Å². The molecule has 1 aliphatic rings. The molecule has 2 aromatic heterocycles. The number of hydrogen-bond donors (Lipinski definition) is 1. The summed E-state index contributed by atoms with van der Waals surface area (Å²) in [6.45, 7) is 1.71. The van der Waals surface area contributed by atoms with Crippen LogP contribution in [0, 0.1) is 0 Å². The first-order chi connectivity index (χ1) is 9.91. The van der Waals surface area contributed by atoms with Gasteiger partial charge in [0.25, 0.3) is 5.56 Å². The third-order valence-corrected chi connectivity index (χ3v) is 3.89. The van der Waals surface area contributed by atoms with E-state index in [4.69, 9.17) is 0 Å². The minimum Gasteiger partial charge on any atom is -0.352 e. The van der Waals surface area contributed by atoms with Crippen molar-refractivity contribution in [2.45, 2.75) is 31.8 Å². The van der Waals surface area contributed by atoms with Gasteiger partial charge in [-0.2, -0.15) is 0 Å². The van der Waals surface area contributed by atoms with Crippen molar-refractivity contribution >= 4 is 17.1 Å². The van der Waals surface area contributed by atoms with Crippen molar-refractivity contribution in [3.8, 4) is 0 Å². The third-order valence-electron chi connectivity index (χ3n) is 3.89. The first-order valence-electron chi connectivity index (χ1n) is 6.84. The van der Waals surface area contributed by atoms with Gasteiger partial charge in [-0.05, 0) is 19.8 Å². The van der Waals surface area contributed by atoms with Crippen LogP contribution in [0.5, 0.6) is 0 Å². The van der Waals surface area contributed by atoms with E-state index in [-0.39, 0.29) is 23.1 Å². The van der Waals surface area contributed by atoms with Crippen LogP contribution < -0.4 is 16.6 Å². The SMILES string of the molecule is CC(C(=O)NC1CC1)n1cnc2c1c(=O)n(C)c(=O)n2C. The van der Waals surface area contributed by atoms with Crippen LogP contribution in [0.2, 0.25) is 0 Å². The highest BCUT2D eigenvalue weighted by Gasteiger charge is 2.27. The summed E-state index contributed by atoms with van der Waals surface area (Å²) in [6.07, 6.45) is 3.43. The molecule has 8 nitrogen and oxygen atoms in total. The van der Waals surface area contributed by atoms with Gasteiger partial charge in [0.15, 0.2) is 11.2 Å². The lowest BCUT2D eigenvalue weighted by molar-refractivity contribution is -0.123. The number of carbonyl (C=O) groups is 1. The molecule has 1 N–H and O–H groups in total. The largest absolute Gasteiger partial charge is 0.352 e. The molecule has 1 aliphatic carbocycles. The van der Waals surface area contributed by atoms with E-state index in [9.17, 15) is 14.4 Å². The average molecular weight is 291 g/mol. The molecule has 0 spiro atoms. The van der Waals surface area contributed by atoms with E-state index in [0.717, 1.165) is 17.4 Å². The van der Waals surface area contributed by atoms with E-state index >= 15 is 0 Å². The summed E-state index contributed by atoms with van der Waals surface area (Å²) in [5.74, 6) is -0.146. The van der Waals surface area contributed by atoms with Crippen LogP contribution in [0.1, 0.15) is 25.8 Å². The first kappa shape index (κ1) is 13.6. The van der Waals surface area contributed by atoms with E-state index in [1.54, 1.807) is 14.0 Å². The fourth-order valence-corrected chi connectivity index (χ4v) is 2.33. The number of rotatable bonds is 3. The summed E-state index contributed by atoms with van der Waals surface area (Å²) >= 11 is 0. The van der Waals surface area contributed by atoms with Gasteiger partial charge in [-0.3, -0.25) is 18.7 Å². The summed E-state index contributed by atoms with van der Waals surface area (Å²) < 4.78 is 3.85. The number of aryl methyl sites for hydroxylation is 1. The molecule has 8 heteroatoms. The Morgan fingerprint density at radius 2 is 2.00 bits per heavy atom. The molecule has 1 unspecified atom stereocenters. The maximum Gasteiger partial charge on any atom is 0.332 e. The van der Waals surface area contributed by atoms with Crippen LogP contribution in [0.4, 0.5) is 0 Å². The van der Waals surface area contributed by atoms with Gasteiger partial charge in [0.1, 0.15) is 6.04 Å². The number of carbonyl (C=O) groups excluding carboxylic acids is 1. The molecule has 0 bridgehead atoms. The molecular formula is C13H17N5O3. The normalized spacial score (nSPS) is 16.1. The van der Waals surface area contributed by atoms with E-state index in [1.165, 1.54) is 22.5 Å². The van der Waals surface area contributed by atoms with Crippen molar-refractivity contribution in [2.75, 3.05) is 0 Å². The predicted molar refractivity (Wildman–Crippen MR) is 76.1 cm³/mol. The Labute approximate surface area is 120 Å². The Hall–Kier alpha value is -2.38. The topological polar surface area (TPSA) is 90.9 Å². The minimum absolute atomic E-state index is 0.146. The molecule has 2 heterocycles. The number of aromatic nitrogens is 4. The second-order valence-corrected chi connectivity index (χ2v) is 5.49. The summed E-state index contributed by atoms with van der Waals surface area (Å²) in [7, 11) is 2.97. The van der Waals surface area contributed by atoms with Gasteiger partial charge in [0, 0.05) is 20.1 Å². The second kappa shape index (κ2) is 4.57. The molecule has 21 heavy (non-hydrogen) atoms. The number of hydrogen-bond acceptors (Lipinski definition) is 4. The third kappa shape index (κ3) is 2.07. The molecular weight excluding hydrogens is 274 g/mol. The molecule has 2 aromatic rings. The quantitative estimate of drug-likeness (QED) is 0.807. The Bertz CT molecular complexity index is 840. The number of fused-ring (bicyclic) bond motifs is 1. The maximum absolute atomic E-state index is 12.3. The zero-order valence-electron chi connectivity index (χ0n) is 12.2. The fraction of sp³-hybridized carbons (Fsp3) is 0.538. The highest BCUT2D eigenvalue weighted by Crippen LogP contribution is 2.20. The van der Waals surface area contributed by atoms with Crippen LogP contribution in [0.15, 0.2) is 15.9 Å². The van der Waals surface area contributed by atoms with Crippen LogP contribution in [0.25, 0.3) is 11.2 Å². The minimum atomic E-state index is -0.555. The van der Waals surface area contributed by atoms with E-state index < -0.39 is 17.3 Å². The second-order valence-electron chi connectivity index (χ2n) is 5.49. The maximum atomic E-state index is 12.3. The van der Waals surface area contributed by atoms with Crippen LogP contribution in [0.3, 0.4) is 0 Å². The van der Waals surface area contributed by atoms with Gasteiger partial charge in [0.05, 0.1) is 6.33 Å². The van der Waals surface area contributed by atoms with Crippen molar-refractivity contribution in [1.82, 2.24) is 24.0 Å². The zero-order chi connectivity index (χ0) is 15.3. The summed E-state index contributed by atoms with van der Waals surface area (Å²) in [5, 5.41) is 2.90. The summed E-state index contributed by atoms with van der Waals surface area (Å²) in [4.78, 5) is 40.4. The molecule has 1 atom stereocenters. The zero-order valence-corrected chi connectivity index (χ0v) is 12.2. The molecule has 112 valence electrons. The van der Waals surface area contributed by atoms with Crippen LogP contribution in [-0.4, -0.2) is 30.6 Å². The van der Waals surface area contributed by atoms with Gasteiger partial charge in [-0.25, -0.2) is 9.78 Å². The molecule has 1 amide bonds. The molecule has 0 aromatic carbocycles. The Balaban J connectivity index is 2.13. The van der Waals surface area contributed by atoms with Crippen LogP contribution >= 0.6 is 0 Å². The van der Waals surface area contributed by atoms with E-state index in [2.05, 4.69) is 10.3 Å². The lowest BCUT2D eigenvalue weighted by atomic mass is 10.3. The average Bonchev–Trinajstić information content (AvgIpc) is 3.16. The van der Waals surface area contributed by atoms with Gasteiger partial charge in [0.2, 0.25) is 5.91 Å². The molecule has 1 saturated carbocycles. The Morgan fingerprint density at radius 3 is 2.62 bits per heavy atom. The van der Waals surface area contributed by atoms with Crippen LogP contribution in [-0.2, 0) is 18.9 Å². The Morgan fingerprint density at radius 1 is 1.33 bits per heavy atom. The van der Waals surface area contributed by atoms with Crippen molar-refractivity contribution in [2.24, 2.45) is 14.1 Å². The summed E-state index contributed by atoms with van der Waals surface area (Å²) in [6, 6.07) is -0.303. The fourth-order valence-electron chi connectivity index (χ4n) is 2.33. The monoisotopic (exact) mass is 291 g/mol. The predicted octanol–water partition coefficient (Wildman–Crippen LogP) is -0.727. The van der Waals surface area contributed by atoms with Crippen molar-refractivity contribution in [3.63, 3.8) is 0 Å². The molecule has 0 radical (unpaired) electrons.